The lowest BCUT2D eigenvalue weighted by atomic mass is 10.1. The Morgan fingerprint density at radius 2 is 1.92 bits per heavy atom. The summed E-state index contributed by atoms with van der Waals surface area (Å²) in [5.74, 6) is -2.18. The minimum Gasteiger partial charge on any atom is -0.497 e. The molecule has 1 aromatic heterocycles. The van der Waals surface area contributed by atoms with Gasteiger partial charge < -0.3 is 9.84 Å². The number of hydrogen-bond donors (Lipinski definition) is 1. The van der Waals surface area contributed by atoms with E-state index in [9.17, 15) is 18.7 Å². The van der Waals surface area contributed by atoms with Crippen LogP contribution in [0.25, 0.3) is 11.3 Å². The van der Waals surface area contributed by atoms with E-state index >= 15 is 0 Å². The second-order valence-electron chi connectivity index (χ2n) is 5.26. The zero-order chi connectivity index (χ0) is 18.0. The van der Waals surface area contributed by atoms with Crippen LogP contribution in [0.5, 0.6) is 5.75 Å². The fourth-order valence-corrected chi connectivity index (χ4v) is 2.50. The molecule has 0 unspecified atom stereocenters. The van der Waals surface area contributed by atoms with Gasteiger partial charge in [-0.3, -0.25) is 0 Å². The molecule has 1 N–H and O–H groups in total. The predicted octanol–water partition coefficient (Wildman–Crippen LogP) is 2.98. The first-order chi connectivity index (χ1) is 12.0. The van der Waals surface area contributed by atoms with Crippen LogP contribution in [0.4, 0.5) is 8.78 Å². The lowest BCUT2D eigenvalue weighted by molar-refractivity contribution is 0.0691. The summed E-state index contributed by atoms with van der Waals surface area (Å²) in [7, 11) is 1.49. The van der Waals surface area contributed by atoms with Crippen LogP contribution >= 0.6 is 0 Å². The number of ether oxygens (including phenoxy) is 1. The molecule has 8 heteroatoms. The number of benzene rings is 2. The molecule has 0 bridgehead atoms. The molecule has 0 atom stereocenters. The van der Waals surface area contributed by atoms with E-state index in [0.29, 0.717) is 16.9 Å². The molecule has 0 spiro atoms. The largest absolute Gasteiger partial charge is 0.497 e. The third-order valence-electron chi connectivity index (χ3n) is 3.54. The van der Waals surface area contributed by atoms with Crippen LogP contribution in [0.3, 0.4) is 0 Å². The van der Waals surface area contributed by atoms with Crippen LogP contribution < -0.4 is 4.74 Å². The maximum Gasteiger partial charge on any atom is 0.358 e. The summed E-state index contributed by atoms with van der Waals surface area (Å²) in [6, 6.07) is 9.78. The second-order valence-corrected chi connectivity index (χ2v) is 5.26. The Bertz CT molecular complexity index is 920. The zero-order valence-corrected chi connectivity index (χ0v) is 13.1. The van der Waals surface area contributed by atoms with E-state index in [-0.39, 0.29) is 17.9 Å². The minimum atomic E-state index is -1.26. The number of carboxylic acids is 1. The summed E-state index contributed by atoms with van der Waals surface area (Å²) < 4.78 is 33.2. The molecule has 0 saturated heterocycles. The van der Waals surface area contributed by atoms with Crippen LogP contribution in [0, 0.1) is 11.6 Å². The van der Waals surface area contributed by atoms with Crippen molar-refractivity contribution in [3.63, 3.8) is 0 Å². The van der Waals surface area contributed by atoms with Crippen molar-refractivity contribution in [3.8, 4) is 17.0 Å². The van der Waals surface area contributed by atoms with Crippen molar-refractivity contribution in [1.29, 1.82) is 0 Å². The molecular weight excluding hydrogens is 332 g/mol. The van der Waals surface area contributed by atoms with E-state index in [1.165, 1.54) is 11.8 Å². The molecule has 3 rings (SSSR count). The zero-order valence-electron chi connectivity index (χ0n) is 13.1. The summed E-state index contributed by atoms with van der Waals surface area (Å²) in [6.07, 6.45) is 0. The van der Waals surface area contributed by atoms with Crippen molar-refractivity contribution in [2.75, 3.05) is 7.11 Å². The molecule has 0 amide bonds. The molecule has 0 aliphatic heterocycles. The van der Waals surface area contributed by atoms with Crippen LogP contribution in [0.1, 0.15) is 16.1 Å². The number of hydrogen-bond acceptors (Lipinski definition) is 4. The quantitative estimate of drug-likeness (QED) is 0.769. The summed E-state index contributed by atoms with van der Waals surface area (Å²) >= 11 is 0. The van der Waals surface area contributed by atoms with Crippen molar-refractivity contribution >= 4 is 5.97 Å². The first kappa shape index (κ1) is 16.6. The van der Waals surface area contributed by atoms with Crippen molar-refractivity contribution in [2.45, 2.75) is 6.54 Å². The van der Waals surface area contributed by atoms with Crippen molar-refractivity contribution in [3.05, 3.63) is 65.4 Å². The van der Waals surface area contributed by atoms with Crippen LogP contribution in [0.2, 0.25) is 0 Å². The average Bonchev–Trinajstić information content (AvgIpc) is 2.97. The van der Waals surface area contributed by atoms with Gasteiger partial charge in [-0.15, -0.1) is 5.10 Å². The normalized spacial score (nSPS) is 10.7. The lowest BCUT2D eigenvalue weighted by Crippen LogP contribution is -2.07. The molecule has 0 saturated carbocycles. The molecule has 128 valence electrons. The van der Waals surface area contributed by atoms with Gasteiger partial charge in [-0.05, 0) is 29.8 Å². The number of carboxylic acid groups (broad SMARTS) is 1. The molecule has 1 heterocycles. The Labute approximate surface area is 141 Å². The van der Waals surface area contributed by atoms with E-state index in [2.05, 4.69) is 10.3 Å². The van der Waals surface area contributed by atoms with Crippen molar-refractivity contribution in [1.82, 2.24) is 15.0 Å². The van der Waals surface area contributed by atoms with Gasteiger partial charge in [-0.1, -0.05) is 17.3 Å². The molecule has 25 heavy (non-hydrogen) atoms. The highest BCUT2D eigenvalue weighted by atomic mass is 19.1. The van der Waals surface area contributed by atoms with Crippen LogP contribution in [-0.2, 0) is 6.54 Å². The monoisotopic (exact) mass is 345 g/mol. The topological polar surface area (TPSA) is 77.2 Å². The Balaban J connectivity index is 2.09. The summed E-state index contributed by atoms with van der Waals surface area (Å²) in [4.78, 5) is 11.5. The number of rotatable bonds is 5. The average molecular weight is 345 g/mol. The van der Waals surface area contributed by atoms with Gasteiger partial charge in [0.15, 0.2) is 5.69 Å². The van der Waals surface area contributed by atoms with E-state index in [1.54, 1.807) is 24.3 Å². The van der Waals surface area contributed by atoms with Crippen LogP contribution in [-0.4, -0.2) is 33.2 Å². The molecule has 6 nitrogen and oxygen atoms in total. The number of aromatic carboxylic acids is 1. The second kappa shape index (κ2) is 6.68. The maximum absolute atomic E-state index is 13.4. The maximum atomic E-state index is 13.4. The van der Waals surface area contributed by atoms with Gasteiger partial charge in [0.05, 0.1) is 13.7 Å². The van der Waals surface area contributed by atoms with Crippen LogP contribution in [0.15, 0.2) is 42.5 Å². The standard InChI is InChI=1S/C17H13F2N3O3/c1-25-14-4-2-3-11(7-14)16-15(17(23)24)20-21-22(16)9-10-5-12(18)8-13(19)6-10/h2-8H,9H2,1H3,(H,23,24). The number of aromatic nitrogens is 3. The molecule has 2 aromatic carbocycles. The Hall–Kier alpha value is -3.29. The fraction of sp³-hybridized carbons (Fsp3) is 0.118. The predicted molar refractivity (Wildman–Crippen MR) is 84.4 cm³/mol. The number of methoxy groups -OCH3 is 1. The van der Waals surface area contributed by atoms with Gasteiger partial charge in [0, 0.05) is 11.6 Å². The summed E-state index contributed by atoms with van der Waals surface area (Å²) in [5.41, 5.74) is 0.767. The third kappa shape index (κ3) is 3.47. The van der Waals surface area contributed by atoms with Gasteiger partial charge in [0.25, 0.3) is 0 Å². The molecule has 0 fully saturated rings. The van der Waals surface area contributed by atoms with E-state index < -0.39 is 17.6 Å². The first-order valence-electron chi connectivity index (χ1n) is 7.24. The van der Waals surface area contributed by atoms with Gasteiger partial charge in [-0.2, -0.15) is 0 Å². The number of nitrogens with zero attached hydrogens (tertiary/aromatic N) is 3. The Morgan fingerprint density at radius 1 is 1.20 bits per heavy atom. The highest BCUT2D eigenvalue weighted by molar-refractivity contribution is 5.92. The molecular formula is C17H13F2N3O3. The van der Waals surface area contributed by atoms with Gasteiger partial charge >= 0.3 is 5.97 Å². The molecule has 0 aliphatic rings. The minimum absolute atomic E-state index is 0.0402. The fourth-order valence-electron chi connectivity index (χ4n) is 2.50. The SMILES string of the molecule is COc1cccc(-c2c(C(=O)O)nnn2Cc2cc(F)cc(F)c2)c1. The summed E-state index contributed by atoms with van der Waals surface area (Å²) in [5, 5.41) is 16.9. The lowest BCUT2D eigenvalue weighted by Gasteiger charge is -2.09. The van der Waals surface area contributed by atoms with E-state index in [1.807, 2.05) is 0 Å². The molecule has 0 aliphatic carbocycles. The van der Waals surface area contributed by atoms with E-state index in [0.717, 1.165) is 18.2 Å². The van der Waals surface area contributed by atoms with Gasteiger partial charge in [-0.25, -0.2) is 18.3 Å². The Morgan fingerprint density at radius 3 is 2.56 bits per heavy atom. The molecule has 0 radical (unpaired) electrons. The number of carbonyl (C=O) groups is 1. The van der Waals surface area contributed by atoms with E-state index in [4.69, 9.17) is 4.74 Å². The third-order valence-corrected chi connectivity index (χ3v) is 3.54. The highest BCUT2D eigenvalue weighted by Crippen LogP contribution is 2.27. The highest BCUT2D eigenvalue weighted by Gasteiger charge is 2.21. The summed E-state index contributed by atoms with van der Waals surface area (Å²) in [6.45, 7) is -0.0402. The number of halogens is 2. The smallest absolute Gasteiger partial charge is 0.358 e. The van der Waals surface area contributed by atoms with Crippen molar-refractivity contribution in [2.24, 2.45) is 0 Å². The van der Waals surface area contributed by atoms with Gasteiger partial charge in [0.1, 0.15) is 23.1 Å². The van der Waals surface area contributed by atoms with Gasteiger partial charge in [0.2, 0.25) is 0 Å². The first-order valence-corrected chi connectivity index (χ1v) is 7.24. The Kier molecular flexibility index (Phi) is 4.42. The van der Waals surface area contributed by atoms with Crippen molar-refractivity contribution < 1.29 is 23.4 Å². The molecule has 3 aromatic rings.